The Bertz CT molecular complexity index is 759. The van der Waals surface area contributed by atoms with Gasteiger partial charge in [-0.2, -0.15) is 13.2 Å². The van der Waals surface area contributed by atoms with Crippen molar-refractivity contribution < 1.29 is 22.4 Å². The van der Waals surface area contributed by atoms with Gasteiger partial charge in [-0.3, -0.25) is 4.79 Å². The van der Waals surface area contributed by atoms with Crippen LogP contribution in [0.3, 0.4) is 0 Å². The highest BCUT2D eigenvalue weighted by molar-refractivity contribution is 6.33. The van der Waals surface area contributed by atoms with Gasteiger partial charge in [0.25, 0.3) is 0 Å². The molecular formula is C15H9ClF4N2O. The van der Waals surface area contributed by atoms with Gasteiger partial charge in [0, 0.05) is 12.3 Å². The summed E-state index contributed by atoms with van der Waals surface area (Å²) in [5.74, 6) is -1.32. The lowest BCUT2D eigenvalue weighted by atomic mass is 10.2. The molecule has 1 heterocycles. The zero-order chi connectivity index (χ0) is 17.0. The first kappa shape index (κ1) is 17.0. The van der Waals surface area contributed by atoms with E-state index in [9.17, 15) is 22.4 Å². The Labute approximate surface area is 133 Å². The molecule has 1 aromatic carbocycles. The van der Waals surface area contributed by atoms with Crippen molar-refractivity contribution in [2.75, 3.05) is 5.32 Å². The van der Waals surface area contributed by atoms with E-state index in [1.807, 2.05) is 0 Å². The van der Waals surface area contributed by atoms with Crippen LogP contribution >= 0.6 is 11.6 Å². The van der Waals surface area contributed by atoms with Crippen LogP contribution in [0.25, 0.3) is 6.08 Å². The molecule has 0 aliphatic carbocycles. The minimum absolute atomic E-state index is 0.200. The summed E-state index contributed by atoms with van der Waals surface area (Å²) in [6.45, 7) is 0. The van der Waals surface area contributed by atoms with Crippen LogP contribution in [0.15, 0.2) is 42.6 Å². The highest BCUT2D eigenvalue weighted by atomic mass is 35.5. The number of hydrogen-bond donors (Lipinski definition) is 1. The molecule has 1 N–H and O–H groups in total. The molecule has 0 unspecified atom stereocenters. The fourth-order valence-electron chi connectivity index (χ4n) is 1.63. The van der Waals surface area contributed by atoms with Crippen molar-refractivity contribution in [1.29, 1.82) is 0 Å². The van der Waals surface area contributed by atoms with Crippen molar-refractivity contribution in [3.05, 3.63) is 64.6 Å². The van der Waals surface area contributed by atoms with E-state index in [1.54, 1.807) is 6.07 Å². The Balaban J connectivity index is 2.08. The summed E-state index contributed by atoms with van der Waals surface area (Å²) in [6, 6.07) is 6.19. The average Bonchev–Trinajstić information content (AvgIpc) is 2.46. The number of anilines is 1. The molecule has 1 amide bonds. The van der Waals surface area contributed by atoms with Crippen molar-refractivity contribution in [3.63, 3.8) is 0 Å². The van der Waals surface area contributed by atoms with E-state index in [1.165, 1.54) is 24.3 Å². The van der Waals surface area contributed by atoms with Crippen molar-refractivity contribution in [2.45, 2.75) is 6.18 Å². The molecule has 0 spiro atoms. The Morgan fingerprint density at radius 3 is 2.61 bits per heavy atom. The molecule has 120 valence electrons. The Morgan fingerprint density at radius 1 is 1.26 bits per heavy atom. The molecule has 1 aromatic heterocycles. The number of pyridine rings is 1. The molecule has 0 aliphatic heterocycles. The summed E-state index contributed by atoms with van der Waals surface area (Å²) in [6.07, 6.45) is -1.57. The molecule has 0 fully saturated rings. The van der Waals surface area contributed by atoms with Crippen LogP contribution in [0.5, 0.6) is 0 Å². The van der Waals surface area contributed by atoms with Gasteiger partial charge in [-0.1, -0.05) is 23.7 Å². The monoisotopic (exact) mass is 344 g/mol. The number of nitrogens with zero attached hydrogens (tertiary/aromatic N) is 1. The molecule has 0 saturated carbocycles. The maximum Gasteiger partial charge on any atom is 0.417 e. The van der Waals surface area contributed by atoms with Crippen LogP contribution in [0, 0.1) is 5.82 Å². The van der Waals surface area contributed by atoms with Gasteiger partial charge in [0.05, 0.1) is 10.6 Å². The summed E-state index contributed by atoms with van der Waals surface area (Å²) in [4.78, 5) is 15.2. The fourth-order valence-corrected chi connectivity index (χ4v) is 1.84. The van der Waals surface area contributed by atoms with Crippen LogP contribution < -0.4 is 5.32 Å². The van der Waals surface area contributed by atoms with Gasteiger partial charge in [-0.05, 0) is 29.8 Å². The largest absolute Gasteiger partial charge is 0.417 e. The number of halogens is 5. The van der Waals surface area contributed by atoms with Gasteiger partial charge in [0.15, 0.2) is 5.82 Å². The molecule has 8 heteroatoms. The maximum atomic E-state index is 13.0. The number of alkyl halides is 3. The first-order valence-corrected chi connectivity index (χ1v) is 6.61. The molecule has 2 rings (SSSR count). The van der Waals surface area contributed by atoms with Crippen LogP contribution in [0.1, 0.15) is 11.1 Å². The van der Waals surface area contributed by atoms with Gasteiger partial charge < -0.3 is 5.32 Å². The van der Waals surface area contributed by atoms with Crippen molar-refractivity contribution in [3.8, 4) is 0 Å². The number of carbonyl (C=O) groups is 1. The smallest absolute Gasteiger partial charge is 0.306 e. The topological polar surface area (TPSA) is 42.0 Å². The summed E-state index contributed by atoms with van der Waals surface area (Å²) in [5, 5.41) is 1.90. The van der Waals surface area contributed by atoms with E-state index in [0.717, 1.165) is 6.08 Å². The molecule has 0 radical (unpaired) electrons. The molecule has 0 saturated heterocycles. The quantitative estimate of drug-likeness (QED) is 0.656. The lowest BCUT2D eigenvalue weighted by molar-refractivity contribution is -0.137. The third kappa shape index (κ3) is 4.79. The number of nitrogens with one attached hydrogen (secondary N) is 1. The molecular weight excluding hydrogens is 336 g/mol. The minimum Gasteiger partial charge on any atom is -0.306 e. The Kier molecular flexibility index (Phi) is 5.00. The van der Waals surface area contributed by atoms with Crippen LogP contribution in [-0.2, 0) is 11.0 Å². The van der Waals surface area contributed by atoms with Crippen molar-refractivity contribution >= 4 is 29.4 Å². The maximum absolute atomic E-state index is 13.0. The van der Waals surface area contributed by atoms with Crippen LogP contribution in [-0.4, -0.2) is 10.9 Å². The number of aromatic nitrogens is 1. The molecule has 0 atom stereocenters. The number of carbonyl (C=O) groups excluding carboxylic acids is 1. The molecule has 0 bridgehead atoms. The van der Waals surface area contributed by atoms with Gasteiger partial charge >= 0.3 is 6.18 Å². The van der Waals surface area contributed by atoms with Crippen LogP contribution in [0.2, 0.25) is 5.02 Å². The third-order valence-electron chi connectivity index (χ3n) is 2.69. The molecule has 0 aliphatic rings. The second-order valence-corrected chi connectivity index (χ2v) is 4.84. The average molecular weight is 345 g/mol. The molecule has 2 aromatic rings. The summed E-state index contributed by atoms with van der Waals surface area (Å²) in [7, 11) is 0. The van der Waals surface area contributed by atoms with Crippen molar-refractivity contribution in [1.82, 2.24) is 4.98 Å². The standard InChI is InChI=1S/C15H9ClF4N2O/c16-12-7-10(15(18,19)20)8-21-14(12)22-13(23)5-4-9-2-1-3-11(17)6-9/h1-8H,(H,21,22,23). The third-order valence-corrected chi connectivity index (χ3v) is 2.97. The fraction of sp³-hybridized carbons (Fsp3) is 0.0667. The van der Waals surface area contributed by atoms with Gasteiger partial charge in [-0.25, -0.2) is 9.37 Å². The highest BCUT2D eigenvalue weighted by Gasteiger charge is 2.31. The lowest BCUT2D eigenvalue weighted by Gasteiger charge is -2.09. The molecule has 3 nitrogen and oxygen atoms in total. The predicted molar refractivity (Wildman–Crippen MR) is 78.3 cm³/mol. The van der Waals surface area contributed by atoms with E-state index in [0.29, 0.717) is 17.8 Å². The number of benzene rings is 1. The first-order valence-electron chi connectivity index (χ1n) is 6.23. The van der Waals surface area contributed by atoms with E-state index >= 15 is 0 Å². The molecule has 23 heavy (non-hydrogen) atoms. The van der Waals surface area contributed by atoms with Gasteiger partial charge in [-0.15, -0.1) is 0 Å². The Hall–Kier alpha value is -2.41. The van der Waals surface area contributed by atoms with E-state index in [-0.39, 0.29) is 10.8 Å². The highest BCUT2D eigenvalue weighted by Crippen LogP contribution is 2.32. The Morgan fingerprint density at radius 2 is 2.00 bits per heavy atom. The predicted octanol–water partition coefficient (Wildman–Crippen LogP) is 4.54. The normalized spacial score (nSPS) is 11.7. The number of amides is 1. The summed E-state index contributed by atoms with van der Waals surface area (Å²) in [5.41, 5.74) is -0.567. The zero-order valence-electron chi connectivity index (χ0n) is 11.4. The SMILES string of the molecule is O=C(C=Cc1cccc(F)c1)Nc1ncc(C(F)(F)F)cc1Cl. The van der Waals surface area contributed by atoms with E-state index < -0.39 is 23.5 Å². The second kappa shape index (κ2) is 6.78. The minimum atomic E-state index is -4.57. The van der Waals surface area contributed by atoms with Gasteiger partial charge in [0.1, 0.15) is 5.82 Å². The number of hydrogen-bond acceptors (Lipinski definition) is 2. The van der Waals surface area contributed by atoms with E-state index in [4.69, 9.17) is 11.6 Å². The van der Waals surface area contributed by atoms with E-state index in [2.05, 4.69) is 10.3 Å². The summed E-state index contributed by atoms with van der Waals surface area (Å²) >= 11 is 5.67. The van der Waals surface area contributed by atoms with Crippen LogP contribution in [0.4, 0.5) is 23.4 Å². The van der Waals surface area contributed by atoms with Gasteiger partial charge in [0.2, 0.25) is 5.91 Å². The second-order valence-electron chi connectivity index (χ2n) is 4.43. The van der Waals surface area contributed by atoms with Crippen molar-refractivity contribution in [2.24, 2.45) is 0 Å². The number of rotatable bonds is 3. The lowest BCUT2D eigenvalue weighted by Crippen LogP contribution is -2.11. The summed E-state index contributed by atoms with van der Waals surface area (Å²) < 4.78 is 50.4. The zero-order valence-corrected chi connectivity index (χ0v) is 12.1. The first-order chi connectivity index (χ1) is 10.8.